The quantitative estimate of drug-likeness (QED) is 0.567. The van der Waals surface area contributed by atoms with E-state index in [4.69, 9.17) is 5.21 Å². The number of nitrogens with zero attached hydrogens (tertiary/aromatic N) is 2. The molecule has 1 saturated carbocycles. The third-order valence-electron chi connectivity index (χ3n) is 4.73. The third-order valence-corrected chi connectivity index (χ3v) is 4.73. The van der Waals surface area contributed by atoms with Crippen molar-refractivity contribution in [1.29, 1.82) is 0 Å². The summed E-state index contributed by atoms with van der Waals surface area (Å²) in [6.45, 7) is 2.92. The van der Waals surface area contributed by atoms with E-state index in [1.807, 2.05) is 0 Å². The molecule has 1 aromatic heterocycles. The average molecular weight is 334 g/mol. The van der Waals surface area contributed by atoms with Gasteiger partial charge in [-0.15, -0.1) is 0 Å². The Bertz CT molecular complexity index is 530. The maximum atomic E-state index is 11.1. The Morgan fingerprint density at radius 1 is 1.46 bits per heavy atom. The van der Waals surface area contributed by atoms with E-state index in [-0.39, 0.29) is 0 Å². The van der Waals surface area contributed by atoms with Gasteiger partial charge in [0.2, 0.25) is 0 Å². The van der Waals surface area contributed by atoms with E-state index in [1.54, 1.807) is 11.5 Å². The topological polar surface area (TPSA) is 77.5 Å². The smallest absolute Gasteiger partial charge is 0.276 e. The van der Waals surface area contributed by atoms with E-state index in [2.05, 4.69) is 29.3 Å². The minimum absolute atomic E-state index is 0.396. The van der Waals surface area contributed by atoms with E-state index in [0.29, 0.717) is 5.56 Å². The predicted octanol–water partition coefficient (Wildman–Crippen LogP) is 1.97. The van der Waals surface area contributed by atoms with Crippen LogP contribution < -0.4 is 10.8 Å². The lowest BCUT2D eigenvalue weighted by molar-refractivity contribution is 0.0705. The number of hydrogen-bond donors (Lipinski definition) is 3. The Labute approximate surface area is 144 Å². The second kappa shape index (κ2) is 9.71. The SMILES string of the molecule is CN(C)CCCC1CCC1.O=C(NO)c1cnc2c(c1)CCNC2. The van der Waals surface area contributed by atoms with Crippen LogP contribution in [0.2, 0.25) is 0 Å². The highest BCUT2D eigenvalue weighted by Gasteiger charge is 2.16. The lowest BCUT2D eigenvalue weighted by atomic mass is 9.82. The maximum Gasteiger partial charge on any atom is 0.276 e. The third kappa shape index (κ3) is 5.85. The Morgan fingerprint density at radius 2 is 2.25 bits per heavy atom. The van der Waals surface area contributed by atoms with Gasteiger partial charge in [-0.05, 0) is 64.0 Å². The number of hydrogen-bond acceptors (Lipinski definition) is 5. The van der Waals surface area contributed by atoms with Crippen LogP contribution in [0.3, 0.4) is 0 Å². The van der Waals surface area contributed by atoms with Crippen LogP contribution in [0.5, 0.6) is 0 Å². The van der Waals surface area contributed by atoms with E-state index in [0.717, 1.165) is 36.7 Å². The molecule has 1 amide bonds. The minimum atomic E-state index is -0.515. The average Bonchev–Trinajstić information content (AvgIpc) is 2.56. The van der Waals surface area contributed by atoms with Crippen molar-refractivity contribution in [1.82, 2.24) is 20.7 Å². The van der Waals surface area contributed by atoms with Crippen molar-refractivity contribution < 1.29 is 10.0 Å². The Balaban J connectivity index is 0.000000185. The molecule has 0 saturated heterocycles. The number of hydroxylamine groups is 1. The zero-order valence-corrected chi connectivity index (χ0v) is 14.8. The van der Waals surface area contributed by atoms with Gasteiger partial charge < -0.3 is 10.2 Å². The number of rotatable bonds is 5. The zero-order valence-electron chi connectivity index (χ0n) is 14.8. The van der Waals surface area contributed by atoms with Gasteiger partial charge in [0.15, 0.2) is 0 Å². The summed E-state index contributed by atoms with van der Waals surface area (Å²) < 4.78 is 0. The lowest BCUT2D eigenvalue weighted by Gasteiger charge is -2.25. The summed E-state index contributed by atoms with van der Waals surface area (Å²) in [6.07, 6.45) is 9.72. The van der Waals surface area contributed by atoms with Gasteiger partial charge in [0.25, 0.3) is 5.91 Å². The number of pyridine rings is 1. The van der Waals surface area contributed by atoms with Crippen LogP contribution in [0.15, 0.2) is 12.3 Å². The first-order valence-electron chi connectivity index (χ1n) is 8.88. The summed E-state index contributed by atoms with van der Waals surface area (Å²) >= 11 is 0. The molecule has 134 valence electrons. The molecule has 24 heavy (non-hydrogen) atoms. The molecular formula is C18H30N4O2. The summed E-state index contributed by atoms with van der Waals surface area (Å²) in [7, 11) is 4.31. The Hall–Kier alpha value is -1.50. The molecule has 2 aliphatic rings. The number of nitrogens with one attached hydrogen (secondary N) is 2. The molecule has 2 heterocycles. The molecule has 0 unspecified atom stereocenters. The first-order chi connectivity index (χ1) is 11.6. The van der Waals surface area contributed by atoms with Crippen LogP contribution in [0, 0.1) is 5.92 Å². The van der Waals surface area contributed by atoms with Gasteiger partial charge in [0.1, 0.15) is 0 Å². The van der Waals surface area contributed by atoms with Crippen molar-refractivity contribution in [3.63, 3.8) is 0 Å². The number of fused-ring (bicyclic) bond motifs is 1. The first-order valence-corrected chi connectivity index (χ1v) is 8.88. The normalized spacial score (nSPS) is 16.7. The van der Waals surface area contributed by atoms with Crippen LogP contribution in [-0.4, -0.2) is 48.2 Å². The summed E-state index contributed by atoms with van der Waals surface area (Å²) in [5.41, 5.74) is 4.04. The van der Waals surface area contributed by atoms with Crippen LogP contribution in [-0.2, 0) is 13.0 Å². The van der Waals surface area contributed by atoms with E-state index in [1.165, 1.54) is 44.8 Å². The van der Waals surface area contributed by atoms with E-state index >= 15 is 0 Å². The molecule has 0 atom stereocenters. The van der Waals surface area contributed by atoms with Crippen LogP contribution in [0.4, 0.5) is 0 Å². The van der Waals surface area contributed by atoms with Gasteiger partial charge >= 0.3 is 0 Å². The standard InChI is InChI=1S/C9H11N3O2.C9H19N/c13-9(12-14)7-3-6-1-2-10-5-8(6)11-4-7;1-10(2)8-4-7-9-5-3-6-9/h3-4,10,14H,1-2,5H2,(H,12,13);9H,3-8H2,1-2H3. The second-order valence-corrected chi connectivity index (χ2v) is 6.94. The molecule has 1 aliphatic heterocycles. The molecule has 6 heteroatoms. The van der Waals surface area contributed by atoms with Gasteiger partial charge in [0, 0.05) is 12.7 Å². The summed E-state index contributed by atoms with van der Waals surface area (Å²) in [5, 5.41) is 11.6. The predicted molar refractivity (Wildman–Crippen MR) is 94.0 cm³/mol. The van der Waals surface area contributed by atoms with Crippen LogP contribution in [0.25, 0.3) is 0 Å². The Morgan fingerprint density at radius 3 is 2.88 bits per heavy atom. The first kappa shape index (κ1) is 18.8. The largest absolute Gasteiger partial charge is 0.311 e. The highest BCUT2D eigenvalue weighted by atomic mass is 16.5. The molecule has 3 rings (SSSR count). The number of amides is 1. The van der Waals surface area contributed by atoms with Crippen molar-refractivity contribution in [3.8, 4) is 0 Å². The van der Waals surface area contributed by atoms with Gasteiger partial charge in [-0.25, -0.2) is 5.48 Å². The molecule has 0 bridgehead atoms. The van der Waals surface area contributed by atoms with Gasteiger partial charge in [-0.1, -0.05) is 19.3 Å². The van der Waals surface area contributed by atoms with Gasteiger partial charge in [0.05, 0.1) is 11.3 Å². The summed E-state index contributed by atoms with van der Waals surface area (Å²) in [4.78, 5) is 17.5. The zero-order chi connectivity index (χ0) is 17.4. The highest BCUT2D eigenvalue weighted by Crippen LogP contribution is 2.30. The summed E-state index contributed by atoms with van der Waals surface area (Å²) in [6, 6.07) is 1.77. The minimum Gasteiger partial charge on any atom is -0.311 e. The van der Waals surface area contributed by atoms with E-state index in [9.17, 15) is 4.79 Å². The van der Waals surface area contributed by atoms with E-state index < -0.39 is 5.91 Å². The number of carbonyl (C=O) groups excluding carboxylic acids is 1. The Kier molecular flexibility index (Phi) is 7.62. The molecule has 3 N–H and O–H groups in total. The number of carbonyl (C=O) groups is 1. The fourth-order valence-electron chi connectivity index (χ4n) is 3.01. The molecule has 0 spiro atoms. The lowest BCUT2D eigenvalue weighted by Crippen LogP contribution is -2.26. The molecule has 6 nitrogen and oxygen atoms in total. The molecule has 1 aliphatic carbocycles. The van der Waals surface area contributed by atoms with Gasteiger partial charge in [-0.3, -0.25) is 15.0 Å². The fraction of sp³-hybridized carbons (Fsp3) is 0.667. The molecule has 1 fully saturated rings. The van der Waals surface area contributed by atoms with Gasteiger partial charge in [-0.2, -0.15) is 0 Å². The molecular weight excluding hydrogens is 304 g/mol. The summed E-state index contributed by atoms with van der Waals surface area (Å²) in [5.74, 6) is 0.582. The second-order valence-electron chi connectivity index (χ2n) is 6.94. The monoisotopic (exact) mass is 334 g/mol. The van der Waals surface area contributed by atoms with Crippen molar-refractivity contribution in [2.45, 2.75) is 45.1 Å². The number of aromatic nitrogens is 1. The van der Waals surface area contributed by atoms with Crippen molar-refractivity contribution in [2.24, 2.45) is 5.92 Å². The highest BCUT2D eigenvalue weighted by molar-refractivity contribution is 5.93. The van der Waals surface area contributed by atoms with Crippen LogP contribution >= 0.6 is 0 Å². The molecule has 0 radical (unpaired) electrons. The van der Waals surface area contributed by atoms with Crippen molar-refractivity contribution in [3.05, 3.63) is 29.1 Å². The fourth-order valence-corrected chi connectivity index (χ4v) is 3.01. The maximum absolute atomic E-state index is 11.1. The molecule has 0 aromatic carbocycles. The van der Waals surface area contributed by atoms with Crippen molar-refractivity contribution >= 4 is 5.91 Å². The van der Waals surface area contributed by atoms with Crippen LogP contribution in [0.1, 0.15) is 53.7 Å². The van der Waals surface area contributed by atoms with Crippen molar-refractivity contribution in [2.75, 3.05) is 27.2 Å². The molecule has 1 aromatic rings.